The molecule has 0 saturated carbocycles. The van der Waals surface area contributed by atoms with Crippen molar-refractivity contribution in [3.8, 4) is 0 Å². The van der Waals surface area contributed by atoms with Gasteiger partial charge in [0.05, 0.1) is 18.8 Å². The minimum Gasteiger partial charge on any atom is -0.394 e. The summed E-state index contributed by atoms with van der Waals surface area (Å²) in [6.07, 6.45) is 4.18. The second-order valence-electron chi connectivity index (χ2n) is 4.14. The summed E-state index contributed by atoms with van der Waals surface area (Å²) in [6.45, 7) is 1.68. The van der Waals surface area contributed by atoms with Crippen LogP contribution in [-0.2, 0) is 0 Å². The molecule has 2 aromatic rings. The molecular weight excluding hydrogens is 218 g/mol. The summed E-state index contributed by atoms with van der Waals surface area (Å²) < 4.78 is 1.88. The average molecular weight is 235 g/mol. The van der Waals surface area contributed by atoms with Gasteiger partial charge in [-0.1, -0.05) is 13.0 Å². The number of nitrogens with one attached hydrogen (secondary N) is 1. The number of pyridine rings is 1. The predicted octanol–water partition coefficient (Wildman–Crippen LogP) is 0.880. The lowest BCUT2D eigenvalue weighted by molar-refractivity contribution is 0.132. The molecule has 0 saturated heterocycles. The van der Waals surface area contributed by atoms with E-state index in [0.717, 1.165) is 11.5 Å². The SMILES string of the molecule is CCC(CO)(CO)Nc1cccc2nccn12. The number of nitrogens with zero attached hydrogens (tertiary/aromatic N) is 2. The van der Waals surface area contributed by atoms with Crippen LogP contribution in [0.5, 0.6) is 0 Å². The van der Waals surface area contributed by atoms with Crippen LogP contribution in [0.4, 0.5) is 5.82 Å². The maximum atomic E-state index is 9.41. The van der Waals surface area contributed by atoms with Crippen molar-refractivity contribution >= 4 is 11.5 Å². The maximum Gasteiger partial charge on any atom is 0.138 e. The fraction of sp³-hybridized carbons (Fsp3) is 0.417. The van der Waals surface area contributed by atoms with Crippen molar-refractivity contribution in [1.29, 1.82) is 0 Å². The minimum atomic E-state index is -0.696. The lowest BCUT2D eigenvalue weighted by atomic mass is 9.98. The normalized spacial score (nSPS) is 11.9. The van der Waals surface area contributed by atoms with Gasteiger partial charge in [-0.15, -0.1) is 0 Å². The van der Waals surface area contributed by atoms with Crippen molar-refractivity contribution in [2.24, 2.45) is 0 Å². The third-order valence-corrected chi connectivity index (χ3v) is 3.10. The molecule has 92 valence electrons. The third-order valence-electron chi connectivity index (χ3n) is 3.10. The number of anilines is 1. The smallest absolute Gasteiger partial charge is 0.138 e. The zero-order valence-corrected chi connectivity index (χ0v) is 9.80. The first-order valence-corrected chi connectivity index (χ1v) is 5.66. The number of aliphatic hydroxyl groups is 2. The second kappa shape index (κ2) is 4.73. The molecule has 0 fully saturated rings. The zero-order chi connectivity index (χ0) is 12.3. The van der Waals surface area contributed by atoms with E-state index in [1.165, 1.54) is 0 Å². The number of aromatic nitrogens is 2. The molecule has 5 nitrogen and oxygen atoms in total. The van der Waals surface area contributed by atoms with Crippen molar-refractivity contribution in [2.75, 3.05) is 18.5 Å². The summed E-state index contributed by atoms with van der Waals surface area (Å²) in [5, 5.41) is 22.0. The Balaban J connectivity index is 2.37. The number of rotatable bonds is 5. The molecule has 0 amide bonds. The van der Waals surface area contributed by atoms with Gasteiger partial charge in [-0.05, 0) is 18.6 Å². The Morgan fingerprint density at radius 3 is 2.76 bits per heavy atom. The standard InChI is InChI=1S/C12H17N3O2/c1-2-12(8-16,9-17)14-11-5-3-4-10-13-6-7-15(10)11/h3-7,14,16-17H,2,8-9H2,1H3. The van der Waals surface area contributed by atoms with Gasteiger partial charge in [0.2, 0.25) is 0 Å². The Labute approximate surface area is 99.7 Å². The molecule has 0 aliphatic heterocycles. The van der Waals surface area contributed by atoms with Gasteiger partial charge in [0.15, 0.2) is 0 Å². The van der Waals surface area contributed by atoms with Gasteiger partial charge in [0.1, 0.15) is 11.5 Å². The zero-order valence-electron chi connectivity index (χ0n) is 9.80. The first kappa shape index (κ1) is 11.9. The molecular formula is C12H17N3O2. The summed E-state index contributed by atoms with van der Waals surface area (Å²) >= 11 is 0. The number of hydrogen-bond donors (Lipinski definition) is 3. The second-order valence-corrected chi connectivity index (χ2v) is 4.14. The molecule has 2 heterocycles. The number of fused-ring (bicyclic) bond motifs is 1. The summed E-state index contributed by atoms with van der Waals surface area (Å²) in [5.41, 5.74) is 0.134. The van der Waals surface area contributed by atoms with Crippen LogP contribution in [0.25, 0.3) is 5.65 Å². The summed E-state index contributed by atoms with van der Waals surface area (Å²) in [6, 6.07) is 5.68. The van der Waals surface area contributed by atoms with Crippen molar-refractivity contribution in [3.63, 3.8) is 0 Å². The van der Waals surface area contributed by atoms with Gasteiger partial charge in [-0.3, -0.25) is 4.40 Å². The van der Waals surface area contributed by atoms with Crippen molar-refractivity contribution < 1.29 is 10.2 Å². The van der Waals surface area contributed by atoms with E-state index >= 15 is 0 Å². The van der Waals surface area contributed by atoms with E-state index in [-0.39, 0.29) is 13.2 Å². The number of aliphatic hydroxyl groups excluding tert-OH is 2. The van der Waals surface area contributed by atoms with Gasteiger partial charge in [-0.25, -0.2) is 4.98 Å². The fourth-order valence-corrected chi connectivity index (χ4v) is 1.76. The summed E-state index contributed by atoms with van der Waals surface area (Å²) in [5.74, 6) is 0.810. The largest absolute Gasteiger partial charge is 0.394 e. The molecule has 0 bridgehead atoms. The monoisotopic (exact) mass is 235 g/mol. The van der Waals surface area contributed by atoms with E-state index in [1.54, 1.807) is 6.20 Å². The minimum absolute atomic E-state index is 0.120. The van der Waals surface area contributed by atoms with Gasteiger partial charge in [0, 0.05) is 12.4 Å². The molecule has 0 aliphatic rings. The Morgan fingerprint density at radius 1 is 1.35 bits per heavy atom. The van der Waals surface area contributed by atoms with Gasteiger partial charge in [0.25, 0.3) is 0 Å². The highest BCUT2D eigenvalue weighted by molar-refractivity contribution is 5.51. The quantitative estimate of drug-likeness (QED) is 0.719. The van der Waals surface area contributed by atoms with Crippen LogP contribution in [0.3, 0.4) is 0 Å². The number of hydrogen-bond acceptors (Lipinski definition) is 4. The van der Waals surface area contributed by atoms with E-state index < -0.39 is 5.54 Å². The predicted molar refractivity (Wildman–Crippen MR) is 66.0 cm³/mol. The van der Waals surface area contributed by atoms with Crippen LogP contribution in [0.15, 0.2) is 30.6 Å². The Hall–Kier alpha value is -1.59. The summed E-state index contributed by atoms with van der Waals surface area (Å²) in [7, 11) is 0. The van der Waals surface area contributed by atoms with Crippen LogP contribution in [0.1, 0.15) is 13.3 Å². The first-order chi connectivity index (χ1) is 8.24. The molecule has 0 spiro atoms. The maximum absolute atomic E-state index is 9.41. The Bertz CT molecular complexity index is 483. The van der Waals surface area contributed by atoms with E-state index in [1.807, 2.05) is 35.7 Å². The van der Waals surface area contributed by atoms with Crippen LogP contribution in [-0.4, -0.2) is 38.4 Å². The van der Waals surface area contributed by atoms with Gasteiger partial charge in [-0.2, -0.15) is 0 Å². The molecule has 0 aromatic carbocycles. The van der Waals surface area contributed by atoms with E-state index in [4.69, 9.17) is 0 Å². The molecule has 0 radical (unpaired) electrons. The molecule has 17 heavy (non-hydrogen) atoms. The molecule has 0 atom stereocenters. The van der Waals surface area contributed by atoms with Crippen molar-refractivity contribution in [2.45, 2.75) is 18.9 Å². The average Bonchev–Trinajstić information content (AvgIpc) is 2.85. The van der Waals surface area contributed by atoms with Crippen molar-refractivity contribution in [1.82, 2.24) is 9.38 Å². The Morgan fingerprint density at radius 2 is 2.12 bits per heavy atom. The van der Waals surface area contributed by atoms with Crippen LogP contribution in [0.2, 0.25) is 0 Å². The highest BCUT2D eigenvalue weighted by Crippen LogP contribution is 2.19. The molecule has 2 rings (SSSR count). The summed E-state index contributed by atoms with van der Waals surface area (Å²) in [4.78, 5) is 4.18. The highest BCUT2D eigenvalue weighted by Gasteiger charge is 2.26. The fourth-order valence-electron chi connectivity index (χ4n) is 1.76. The van der Waals surface area contributed by atoms with Crippen LogP contribution < -0.4 is 5.32 Å². The first-order valence-electron chi connectivity index (χ1n) is 5.66. The highest BCUT2D eigenvalue weighted by atomic mass is 16.3. The van der Waals surface area contributed by atoms with E-state index in [9.17, 15) is 10.2 Å². The molecule has 2 aromatic heterocycles. The lowest BCUT2D eigenvalue weighted by Crippen LogP contribution is -2.45. The topological polar surface area (TPSA) is 69.8 Å². The molecule has 0 unspecified atom stereocenters. The molecule has 0 aliphatic carbocycles. The van der Waals surface area contributed by atoms with Gasteiger partial charge >= 0.3 is 0 Å². The molecule has 5 heteroatoms. The van der Waals surface area contributed by atoms with Crippen molar-refractivity contribution in [3.05, 3.63) is 30.6 Å². The van der Waals surface area contributed by atoms with E-state index in [0.29, 0.717) is 6.42 Å². The van der Waals surface area contributed by atoms with Crippen LogP contribution in [0, 0.1) is 0 Å². The molecule has 3 N–H and O–H groups in total. The third kappa shape index (κ3) is 2.11. The van der Waals surface area contributed by atoms with E-state index in [2.05, 4.69) is 10.3 Å². The van der Waals surface area contributed by atoms with Gasteiger partial charge < -0.3 is 15.5 Å². The Kier molecular flexibility index (Phi) is 3.31. The van der Waals surface area contributed by atoms with Crippen LogP contribution >= 0.6 is 0 Å². The number of imidazole rings is 1. The lowest BCUT2D eigenvalue weighted by Gasteiger charge is -2.31.